The normalized spacial score (nSPS) is 11.7. The standard InChI is InChI=1S/C67H45F3N4/c1-40-10-5-14-44(28-40)48-20-24-54-55-25-21-49(45-15-6-11-41(2)29-45)33-61(55)73(60(54)32-48)64-36-53(66-52(38-71)18-9-19-59(66)67(68,69)70)37-65(58(64)39-72)74-62-34-50(46-16-7-12-42(3)30-46)22-26-56(62)57-27-23-51(35-63(57)74)47-17-8-13-43(4)31-47/h5-37H,1-4H3. The third kappa shape index (κ3) is 7.78. The van der Waals surface area contributed by atoms with Crippen molar-refractivity contribution in [3.8, 4) is 79.1 Å². The minimum Gasteiger partial charge on any atom is -0.308 e. The summed E-state index contributed by atoms with van der Waals surface area (Å²) in [6, 6.07) is 70.0. The number of hydrogen-bond acceptors (Lipinski definition) is 2. The van der Waals surface area contributed by atoms with Crippen LogP contribution in [-0.2, 0) is 6.18 Å². The fourth-order valence-corrected chi connectivity index (χ4v) is 11.0. The van der Waals surface area contributed by atoms with Crippen LogP contribution in [0.3, 0.4) is 0 Å². The number of alkyl halides is 3. The molecule has 354 valence electrons. The van der Waals surface area contributed by atoms with Gasteiger partial charge in [0, 0.05) is 27.1 Å². The van der Waals surface area contributed by atoms with Crippen LogP contribution < -0.4 is 0 Å². The second-order valence-corrected chi connectivity index (χ2v) is 19.4. The molecule has 7 heteroatoms. The molecule has 0 aliphatic heterocycles. The molecule has 0 spiro atoms. The van der Waals surface area contributed by atoms with Crippen LogP contribution in [-0.4, -0.2) is 9.13 Å². The van der Waals surface area contributed by atoms with Crippen LogP contribution in [0.15, 0.2) is 200 Å². The number of halogens is 3. The van der Waals surface area contributed by atoms with Crippen molar-refractivity contribution in [1.29, 1.82) is 10.5 Å². The Morgan fingerprint density at radius 2 is 0.676 bits per heavy atom. The second-order valence-electron chi connectivity index (χ2n) is 19.4. The van der Waals surface area contributed by atoms with Crippen molar-refractivity contribution >= 4 is 43.6 Å². The predicted molar refractivity (Wildman–Crippen MR) is 296 cm³/mol. The molecule has 0 saturated carbocycles. The van der Waals surface area contributed by atoms with Gasteiger partial charge < -0.3 is 9.13 Å². The van der Waals surface area contributed by atoms with E-state index in [1.54, 1.807) is 12.1 Å². The Bertz CT molecular complexity index is 3940. The van der Waals surface area contributed by atoms with Crippen molar-refractivity contribution in [3.63, 3.8) is 0 Å². The lowest BCUT2D eigenvalue weighted by Gasteiger charge is -2.21. The van der Waals surface area contributed by atoms with Gasteiger partial charge in [0.25, 0.3) is 0 Å². The van der Waals surface area contributed by atoms with Crippen LogP contribution in [0.25, 0.3) is 111 Å². The summed E-state index contributed by atoms with van der Waals surface area (Å²) in [4.78, 5) is 0. The quantitative estimate of drug-likeness (QED) is 0.160. The predicted octanol–water partition coefficient (Wildman–Crippen LogP) is 18.2. The molecule has 0 N–H and O–H groups in total. The Morgan fingerprint density at radius 3 is 0.973 bits per heavy atom. The van der Waals surface area contributed by atoms with Crippen LogP contribution in [0.4, 0.5) is 13.2 Å². The van der Waals surface area contributed by atoms with Crippen molar-refractivity contribution < 1.29 is 13.2 Å². The van der Waals surface area contributed by atoms with E-state index in [1.807, 2.05) is 33.4 Å². The summed E-state index contributed by atoms with van der Waals surface area (Å²) in [5.74, 6) is 0. The largest absolute Gasteiger partial charge is 0.417 e. The zero-order valence-corrected chi connectivity index (χ0v) is 41.0. The van der Waals surface area contributed by atoms with Crippen molar-refractivity contribution in [2.75, 3.05) is 0 Å². The SMILES string of the molecule is Cc1cccc(-c2ccc3c4ccc(-c5cccc(C)c5)cc4n(-c4cc(-c5c(C#N)cccc5C(F)(F)F)cc(-n5c6cc(-c7cccc(C)c7)ccc6c6ccc(-c7cccc(C)c7)cc65)c4C#N)c3c2)c1. The number of nitrogens with zero attached hydrogens (tertiary/aromatic N) is 4. The van der Waals surface area contributed by atoms with Crippen LogP contribution in [0.1, 0.15) is 38.9 Å². The fourth-order valence-electron chi connectivity index (χ4n) is 11.0. The molecule has 0 unspecified atom stereocenters. The molecule has 2 heterocycles. The minimum atomic E-state index is -4.83. The maximum atomic E-state index is 15.5. The van der Waals surface area contributed by atoms with Gasteiger partial charge in [0.1, 0.15) is 11.6 Å². The lowest BCUT2D eigenvalue weighted by Crippen LogP contribution is -2.10. The number of aromatic nitrogens is 2. The number of aryl methyl sites for hydroxylation is 4. The molecule has 0 saturated heterocycles. The topological polar surface area (TPSA) is 57.4 Å². The van der Waals surface area contributed by atoms with Gasteiger partial charge in [-0.05, 0) is 126 Å². The zero-order valence-electron chi connectivity index (χ0n) is 41.0. The van der Waals surface area contributed by atoms with Crippen molar-refractivity contribution in [3.05, 3.63) is 239 Å². The highest BCUT2D eigenvalue weighted by Gasteiger charge is 2.36. The molecule has 4 nitrogen and oxygen atoms in total. The highest BCUT2D eigenvalue weighted by atomic mass is 19.4. The first-order chi connectivity index (χ1) is 35.8. The van der Waals surface area contributed by atoms with E-state index in [1.165, 1.54) is 12.1 Å². The van der Waals surface area contributed by atoms with Gasteiger partial charge in [-0.2, -0.15) is 23.7 Å². The summed E-state index contributed by atoms with van der Waals surface area (Å²) in [5, 5.41) is 26.3. The highest BCUT2D eigenvalue weighted by Crippen LogP contribution is 2.46. The summed E-state index contributed by atoms with van der Waals surface area (Å²) in [7, 11) is 0. The Hall–Kier alpha value is -9.43. The number of hydrogen-bond donors (Lipinski definition) is 0. The lowest BCUT2D eigenvalue weighted by atomic mass is 9.92. The monoisotopic (exact) mass is 962 g/mol. The van der Waals surface area contributed by atoms with Gasteiger partial charge in [-0.15, -0.1) is 0 Å². The molecule has 12 rings (SSSR count). The summed E-state index contributed by atoms with van der Waals surface area (Å²) in [6.45, 7) is 8.20. The number of nitriles is 2. The molecule has 2 aromatic heterocycles. The number of fused-ring (bicyclic) bond motifs is 6. The van der Waals surface area contributed by atoms with Crippen molar-refractivity contribution in [2.45, 2.75) is 33.9 Å². The molecule has 74 heavy (non-hydrogen) atoms. The van der Waals surface area contributed by atoms with Gasteiger partial charge in [0.05, 0.1) is 50.6 Å². The van der Waals surface area contributed by atoms with Crippen molar-refractivity contribution in [1.82, 2.24) is 9.13 Å². The summed E-state index contributed by atoms with van der Waals surface area (Å²) in [5.41, 5.74) is 14.9. The molecule has 0 amide bonds. The van der Waals surface area contributed by atoms with E-state index in [4.69, 9.17) is 0 Å². The Labute approximate surface area is 426 Å². The van der Waals surface area contributed by atoms with Gasteiger partial charge in [-0.25, -0.2) is 0 Å². The molecule has 0 fully saturated rings. The smallest absolute Gasteiger partial charge is 0.308 e. The molecule has 10 aromatic carbocycles. The minimum absolute atomic E-state index is 0.137. The first kappa shape index (κ1) is 45.7. The molecule has 0 bridgehead atoms. The molecular weight excluding hydrogens is 918 g/mol. The van der Waals surface area contributed by atoms with E-state index in [0.29, 0.717) is 11.4 Å². The van der Waals surface area contributed by atoms with Crippen LogP contribution >= 0.6 is 0 Å². The maximum Gasteiger partial charge on any atom is 0.417 e. The van der Waals surface area contributed by atoms with Crippen LogP contribution in [0, 0.1) is 50.4 Å². The van der Waals surface area contributed by atoms with E-state index < -0.39 is 11.7 Å². The van der Waals surface area contributed by atoms with Crippen LogP contribution in [0.2, 0.25) is 0 Å². The Morgan fingerprint density at radius 1 is 0.351 bits per heavy atom. The molecule has 0 aliphatic carbocycles. The first-order valence-electron chi connectivity index (χ1n) is 24.5. The van der Waals surface area contributed by atoms with Gasteiger partial charge in [-0.1, -0.05) is 174 Å². The maximum absolute atomic E-state index is 15.5. The van der Waals surface area contributed by atoms with E-state index in [2.05, 4.69) is 185 Å². The molecule has 0 radical (unpaired) electrons. The van der Waals surface area contributed by atoms with Crippen LogP contribution in [0.5, 0.6) is 0 Å². The Balaban J connectivity index is 1.27. The van der Waals surface area contributed by atoms with Gasteiger partial charge in [-0.3, -0.25) is 0 Å². The van der Waals surface area contributed by atoms with Gasteiger partial charge in [0.2, 0.25) is 0 Å². The first-order valence-corrected chi connectivity index (χ1v) is 24.5. The fraction of sp³-hybridized carbons (Fsp3) is 0.0746. The van der Waals surface area contributed by atoms with E-state index in [-0.39, 0.29) is 22.3 Å². The van der Waals surface area contributed by atoms with Gasteiger partial charge >= 0.3 is 6.18 Å². The summed E-state index contributed by atoms with van der Waals surface area (Å²) >= 11 is 0. The summed E-state index contributed by atoms with van der Waals surface area (Å²) in [6.07, 6.45) is -4.83. The number of benzene rings is 10. The number of rotatable bonds is 7. The third-order valence-corrected chi connectivity index (χ3v) is 14.4. The molecular formula is C67H45F3N4. The van der Waals surface area contributed by atoms with E-state index in [0.717, 1.165) is 116 Å². The lowest BCUT2D eigenvalue weighted by molar-refractivity contribution is -0.137. The average molecular weight is 963 g/mol. The zero-order chi connectivity index (χ0) is 51.0. The Kier molecular flexibility index (Phi) is 10.9. The summed E-state index contributed by atoms with van der Waals surface area (Å²) < 4.78 is 50.7. The van der Waals surface area contributed by atoms with Crippen molar-refractivity contribution in [2.24, 2.45) is 0 Å². The molecule has 0 aliphatic rings. The molecule has 0 atom stereocenters. The molecule has 12 aromatic rings. The third-order valence-electron chi connectivity index (χ3n) is 14.4. The second kappa shape index (κ2) is 17.7. The average Bonchev–Trinajstić information content (AvgIpc) is 3.91. The van der Waals surface area contributed by atoms with E-state index >= 15 is 13.2 Å². The van der Waals surface area contributed by atoms with E-state index in [9.17, 15) is 10.5 Å². The van der Waals surface area contributed by atoms with Gasteiger partial charge in [0.15, 0.2) is 0 Å². The highest BCUT2D eigenvalue weighted by molar-refractivity contribution is 6.13.